The number of fused-ring (bicyclic) bond motifs is 1. The van der Waals surface area contributed by atoms with Gasteiger partial charge in [0, 0.05) is 25.2 Å². The fourth-order valence-corrected chi connectivity index (χ4v) is 3.98. The molecule has 1 saturated carbocycles. The van der Waals surface area contributed by atoms with Gasteiger partial charge < -0.3 is 15.0 Å². The first kappa shape index (κ1) is 19.5. The molecular weight excluding hydrogens is 394 g/mol. The molecule has 1 aliphatic carbocycles. The number of aliphatic hydroxyl groups is 1. The average molecular weight is 415 g/mol. The molecule has 1 fully saturated rings. The number of aromatic nitrogens is 3. The fraction of sp³-hybridized carbons (Fsp3) is 0.316. The molecule has 2 aromatic heterocycles. The van der Waals surface area contributed by atoms with E-state index in [1.807, 2.05) is 0 Å². The molecule has 1 aliphatic rings. The summed E-state index contributed by atoms with van der Waals surface area (Å²) >= 11 is 0. The summed E-state index contributed by atoms with van der Waals surface area (Å²) in [6.07, 6.45) is 3.53. The molecular formula is C19H21N5O4S. The molecule has 0 unspecified atom stereocenters. The van der Waals surface area contributed by atoms with Crippen molar-refractivity contribution in [3.05, 3.63) is 47.0 Å². The molecule has 0 radical (unpaired) electrons. The Morgan fingerprint density at radius 3 is 2.62 bits per heavy atom. The Kier molecular flexibility index (Phi) is 5.07. The summed E-state index contributed by atoms with van der Waals surface area (Å²) in [6.45, 7) is -0.325. The number of nitrogens with zero attached hydrogens (tertiary/aromatic N) is 3. The highest BCUT2D eigenvalue weighted by molar-refractivity contribution is 7.89. The predicted molar refractivity (Wildman–Crippen MR) is 109 cm³/mol. The maximum Gasteiger partial charge on any atom is 0.264 e. The molecule has 0 aliphatic heterocycles. The van der Waals surface area contributed by atoms with Gasteiger partial charge in [0.2, 0.25) is 10.0 Å². The van der Waals surface area contributed by atoms with Crippen molar-refractivity contribution in [3.63, 3.8) is 0 Å². The zero-order chi connectivity index (χ0) is 20.6. The fourth-order valence-electron chi connectivity index (χ4n) is 2.96. The number of nitrogens with one attached hydrogen (secondary N) is 2. The second-order valence-corrected chi connectivity index (χ2v) is 8.74. The van der Waals surface area contributed by atoms with Crippen molar-refractivity contribution in [3.8, 4) is 11.3 Å². The zero-order valence-electron chi connectivity index (χ0n) is 15.8. The highest BCUT2D eigenvalue weighted by atomic mass is 32.2. The molecule has 0 amide bonds. The van der Waals surface area contributed by atoms with E-state index in [1.165, 1.54) is 23.0 Å². The molecule has 3 N–H and O–H groups in total. The summed E-state index contributed by atoms with van der Waals surface area (Å²) < 4.78 is 28.1. The van der Waals surface area contributed by atoms with E-state index in [9.17, 15) is 13.2 Å². The molecule has 0 bridgehead atoms. The first-order valence-electron chi connectivity index (χ1n) is 9.23. The van der Waals surface area contributed by atoms with E-state index in [-0.39, 0.29) is 23.6 Å². The van der Waals surface area contributed by atoms with E-state index in [2.05, 4.69) is 20.0 Å². The lowest BCUT2D eigenvalue weighted by Gasteiger charge is -2.12. The molecule has 152 valence electrons. The molecule has 2 heterocycles. The van der Waals surface area contributed by atoms with Crippen LogP contribution in [0, 0.1) is 0 Å². The Hall–Kier alpha value is -2.82. The molecule has 1 aromatic carbocycles. The Morgan fingerprint density at radius 1 is 1.24 bits per heavy atom. The lowest BCUT2D eigenvalue weighted by molar-refractivity contribution is 0.301. The van der Waals surface area contributed by atoms with Crippen LogP contribution >= 0.6 is 0 Å². The van der Waals surface area contributed by atoms with Gasteiger partial charge in [0.25, 0.3) is 5.56 Å². The number of hydrogen-bond acceptors (Lipinski definition) is 7. The molecule has 3 aromatic rings. The minimum absolute atomic E-state index is 0.0485. The Balaban J connectivity index is 1.76. The Bertz CT molecular complexity index is 1220. The normalized spacial score (nSPS) is 14.3. The number of pyridine rings is 1. The number of sulfonamides is 1. The Morgan fingerprint density at radius 2 is 1.97 bits per heavy atom. The van der Waals surface area contributed by atoms with Gasteiger partial charge in [0.15, 0.2) is 0 Å². The third-order valence-electron chi connectivity index (χ3n) is 4.69. The first-order valence-corrected chi connectivity index (χ1v) is 10.7. The maximum absolute atomic E-state index is 12.6. The number of benzene rings is 1. The van der Waals surface area contributed by atoms with Crippen LogP contribution in [0.2, 0.25) is 0 Å². The largest absolute Gasteiger partial charge is 0.395 e. The monoisotopic (exact) mass is 415 g/mol. The van der Waals surface area contributed by atoms with E-state index in [1.54, 1.807) is 25.2 Å². The molecule has 0 spiro atoms. The third kappa shape index (κ3) is 4.00. The number of aliphatic hydroxyl groups excluding tert-OH is 1. The van der Waals surface area contributed by atoms with Gasteiger partial charge in [-0.15, -0.1) is 0 Å². The first-order chi connectivity index (χ1) is 13.9. The summed E-state index contributed by atoms with van der Waals surface area (Å²) in [5.41, 5.74) is 1.65. The SMILES string of the molecule is Cn1cnc2cc(-c3ccc(S(=O)(=O)NCCO)cc3)nc(NC3CC3)c2c1=O. The van der Waals surface area contributed by atoms with Gasteiger partial charge in [-0.2, -0.15) is 0 Å². The van der Waals surface area contributed by atoms with Crippen molar-refractivity contribution in [2.75, 3.05) is 18.5 Å². The van der Waals surface area contributed by atoms with Crippen LogP contribution in [0.4, 0.5) is 5.82 Å². The number of rotatable bonds is 7. The number of anilines is 1. The summed E-state index contributed by atoms with van der Waals surface area (Å²) in [5, 5.41) is 12.6. The third-order valence-corrected chi connectivity index (χ3v) is 6.16. The highest BCUT2D eigenvalue weighted by Gasteiger charge is 2.24. The molecule has 10 heteroatoms. The summed E-state index contributed by atoms with van der Waals surface area (Å²) in [5.74, 6) is 0.495. The molecule has 9 nitrogen and oxygen atoms in total. The minimum Gasteiger partial charge on any atom is -0.395 e. The average Bonchev–Trinajstić information content (AvgIpc) is 3.53. The topological polar surface area (TPSA) is 126 Å². The van der Waals surface area contributed by atoms with Gasteiger partial charge in [-0.3, -0.25) is 4.79 Å². The van der Waals surface area contributed by atoms with Crippen LogP contribution in [0.1, 0.15) is 12.8 Å². The summed E-state index contributed by atoms with van der Waals surface area (Å²) in [6, 6.07) is 8.30. The lowest BCUT2D eigenvalue weighted by Crippen LogP contribution is -2.26. The number of aryl methyl sites for hydroxylation is 1. The smallest absolute Gasteiger partial charge is 0.264 e. The van der Waals surface area contributed by atoms with Crippen LogP contribution in [-0.2, 0) is 17.1 Å². The van der Waals surface area contributed by atoms with Crippen molar-refractivity contribution < 1.29 is 13.5 Å². The second-order valence-electron chi connectivity index (χ2n) is 6.98. The van der Waals surface area contributed by atoms with Crippen LogP contribution in [0.5, 0.6) is 0 Å². The molecule has 4 rings (SSSR count). The highest BCUT2D eigenvalue weighted by Crippen LogP contribution is 2.30. The van der Waals surface area contributed by atoms with E-state index >= 15 is 0 Å². The van der Waals surface area contributed by atoms with E-state index in [0.717, 1.165) is 12.8 Å². The molecule has 0 atom stereocenters. The van der Waals surface area contributed by atoms with E-state index in [4.69, 9.17) is 5.11 Å². The number of hydrogen-bond donors (Lipinski definition) is 3. The van der Waals surface area contributed by atoms with Crippen LogP contribution in [0.15, 0.2) is 46.3 Å². The van der Waals surface area contributed by atoms with Crippen molar-refractivity contribution >= 4 is 26.7 Å². The van der Waals surface area contributed by atoms with Gasteiger partial charge in [0.1, 0.15) is 11.2 Å². The minimum atomic E-state index is -3.68. The maximum atomic E-state index is 12.6. The second kappa shape index (κ2) is 7.54. The van der Waals surface area contributed by atoms with Gasteiger partial charge in [-0.05, 0) is 31.0 Å². The van der Waals surface area contributed by atoms with Crippen LogP contribution in [0.25, 0.3) is 22.2 Å². The van der Waals surface area contributed by atoms with Crippen LogP contribution < -0.4 is 15.6 Å². The van der Waals surface area contributed by atoms with Gasteiger partial charge in [-0.25, -0.2) is 23.1 Å². The lowest BCUT2D eigenvalue weighted by atomic mass is 10.1. The van der Waals surface area contributed by atoms with Crippen LogP contribution in [0.3, 0.4) is 0 Å². The van der Waals surface area contributed by atoms with Gasteiger partial charge in [-0.1, -0.05) is 12.1 Å². The van der Waals surface area contributed by atoms with Gasteiger partial charge >= 0.3 is 0 Å². The molecule has 29 heavy (non-hydrogen) atoms. The van der Waals surface area contributed by atoms with Crippen molar-refractivity contribution in [2.45, 2.75) is 23.8 Å². The van der Waals surface area contributed by atoms with E-state index in [0.29, 0.717) is 34.0 Å². The van der Waals surface area contributed by atoms with E-state index < -0.39 is 10.0 Å². The van der Waals surface area contributed by atoms with Crippen molar-refractivity contribution in [1.29, 1.82) is 0 Å². The predicted octanol–water partition coefficient (Wildman–Crippen LogP) is 0.840. The van der Waals surface area contributed by atoms with Crippen molar-refractivity contribution in [1.82, 2.24) is 19.3 Å². The van der Waals surface area contributed by atoms with Gasteiger partial charge in [0.05, 0.1) is 29.0 Å². The summed E-state index contributed by atoms with van der Waals surface area (Å²) in [7, 11) is -2.04. The zero-order valence-corrected chi connectivity index (χ0v) is 16.6. The molecule has 0 saturated heterocycles. The van der Waals surface area contributed by atoms with Crippen LogP contribution in [-0.4, -0.2) is 47.3 Å². The summed E-state index contributed by atoms with van der Waals surface area (Å²) in [4.78, 5) is 21.7. The Labute approximate surface area is 167 Å². The standard InChI is InChI=1S/C19H21N5O4S/c1-24-11-20-16-10-15(23-18(17(16)19(24)26)22-13-4-5-13)12-2-6-14(7-3-12)29(27,28)21-8-9-25/h2-3,6-7,10-11,13,21,25H,4-5,8-9H2,1H3,(H,22,23). The quantitative estimate of drug-likeness (QED) is 0.522. The van der Waals surface area contributed by atoms with Crippen molar-refractivity contribution in [2.24, 2.45) is 7.05 Å².